The van der Waals surface area contributed by atoms with E-state index in [4.69, 9.17) is 18.7 Å². The molecule has 7 heteroatoms. The lowest BCUT2D eigenvalue weighted by atomic mass is 10.1. The molecule has 3 aromatic rings. The molecule has 4 rings (SSSR count). The van der Waals surface area contributed by atoms with E-state index in [0.29, 0.717) is 41.7 Å². The molecule has 0 amide bonds. The summed E-state index contributed by atoms with van der Waals surface area (Å²) in [4.78, 5) is 25.1. The van der Waals surface area contributed by atoms with Gasteiger partial charge < -0.3 is 18.7 Å². The Morgan fingerprint density at radius 3 is 2.59 bits per heavy atom. The lowest BCUT2D eigenvalue weighted by Crippen LogP contribution is -2.15. The molecule has 1 aliphatic rings. The number of esters is 1. The second kappa shape index (κ2) is 8.18. The van der Waals surface area contributed by atoms with Gasteiger partial charge in [-0.15, -0.1) is 0 Å². The maximum absolute atomic E-state index is 12.6. The maximum Gasteiger partial charge on any atom is 0.344 e. The summed E-state index contributed by atoms with van der Waals surface area (Å²) in [6.07, 6.45) is 0.775. The zero-order valence-electron chi connectivity index (χ0n) is 15.8. The van der Waals surface area contributed by atoms with Crippen molar-refractivity contribution in [2.45, 2.75) is 13.3 Å². The number of hydrogen-bond donors (Lipinski definition) is 0. The van der Waals surface area contributed by atoms with Crippen LogP contribution in [0.15, 0.2) is 53.1 Å². The minimum atomic E-state index is -0.662. The zero-order valence-corrected chi connectivity index (χ0v) is 15.8. The molecule has 1 aliphatic heterocycles. The lowest BCUT2D eigenvalue weighted by Gasteiger charge is -2.09. The van der Waals surface area contributed by atoms with Crippen LogP contribution in [0.2, 0.25) is 0 Å². The smallest absolute Gasteiger partial charge is 0.344 e. The molecule has 0 unspecified atom stereocenters. The molecule has 0 fully saturated rings. The minimum absolute atomic E-state index is 0.211. The molecular formula is C22H19NO6. The summed E-state index contributed by atoms with van der Waals surface area (Å²) in [7, 11) is 0. The van der Waals surface area contributed by atoms with Crippen molar-refractivity contribution in [1.82, 2.24) is 5.16 Å². The highest BCUT2D eigenvalue weighted by Crippen LogP contribution is 2.31. The van der Waals surface area contributed by atoms with E-state index < -0.39 is 12.6 Å². The molecule has 0 bridgehead atoms. The Morgan fingerprint density at radius 1 is 1.03 bits per heavy atom. The van der Waals surface area contributed by atoms with E-state index in [1.54, 1.807) is 25.1 Å². The highest BCUT2D eigenvalue weighted by Gasteiger charge is 2.24. The number of carbonyl (C=O) groups excluding carboxylic acids is 2. The Labute approximate surface area is 167 Å². The van der Waals surface area contributed by atoms with Gasteiger partial charge in [0.15, 0.2) is 23.9 Å². The highest BCUT2D eigenvalue weighted by molar-refractivity contribution is 6.01. The summed E-state index contributed by atoms with van der Waals surface area (Å²) in [5, 5.41) is 3.96. The van der Waals surface area contributed by atoms with Gasteiger partial charge in [-0.05, 0) is 25.1 Å². The fourth-order valence-corrected chi connectivity index (χ4v) is 3.03. The number of ether oxygens (including phenoxy) is 3. The Balaban J connectivity index is 1.47. The summed E-state index contributed by atoms with van der Waals surface area (Å²) >= 11 is 0. The number of Topliss-reactive ketones (excluding diaryl/α,β-unsaturated/α-hetero) is 1. The molecule has 0 atom stereocenters. The molecule has 29 heavy (non-hydrogen) atoms. The van der Waals surface area contributed by atoms with Gasteiger partial charge in [0.05, 0.1) is 13.2 Å². The van der Waals surface area contributed by atoms with Crippen molar-refractivity contribution < 1.29 is 28.3 Å². The van der Waals surface area contributed by atoms with Gasteiger partial charge in [0.1, 0.15) is 17.0 Å². The third-order valence-corrected chi connectivity index (χ3v) is 4.52. The van der Waals surface area contributed by atoms with Crippen LogP contribution >= 0.6 is 0 Å². The van der Waals surface area contributed by atoms with Gasteiger partial charge in [-0.1, -0.05) is 35.5 Å². The van der Waals surface area contributed by atoms with Crippen molar-refractivity contribution in [3.8, 4) is 22.8 Å². The molecule has 0 aliphatic carbocycles. The number of benzene rings is 2. The van der Waals surface area contributed by atoms with E-state index in [9.17, 15) is 9.59 Å². The van der Waals surface area contributed by atoms with E-state index in [1.807, 2.05) is 30.3 Å². The summed E-state index contributed by atoms with van der Waals surface area (Å²) in [5.41, 5.74) is 1.71. The van der Waals surface area contributed by atoms with Gasteiger partial charge in [-0.25, -0.2) is 4.79 Å². The number of rotatable bonds is 5. The largest absolute Gasteiger partial charge is 0.490 e. The third kappa shape index (κ3) is 3.99. The number of fused-ring (bicyclic) bond motifs is 1. The second-order valence-electron chi connectivity index (χ2n) is 6.54. The Bertz CT molecular complexity index is 1040. The molecule has 1 aromatic heterocycles. The molecule has 2 heterocycles. The van der Waals surface area contributed by atoms with Crippen LogP contribution in [0.4, 0.5) is 0 Å². The molecule has 0 saturated heterocycles. The van der Waals surface area contributed by atoms with E-state index in [-0.39, 0.29) is 11.3 Å². The van der Waals surface area contributed by atoms with Crippen LogP contribution in [0, 0.1) is 6.92 Å². The van der Waals surface area contributed by atoms with Crippen LogP contribution in [0.25, 0.3) is 11.3 Å². The fraction of sp³-hybridized carbons (Fsp3) is 0.227. The Morgan fingerprint density at radius 2 is 1.79 bits per heavy atom. The number of nitrogens with zero attached hydrogens (tertiary/aromatic N) is 1. The van der Waals surface area contributed by atoms with Crippen molar-refractivity contribution >= 4 is 11.8 Å². The van der Waals surface area contributed by atoms with Crippen LogP contribution in [0.5, 0.6) is 11.5 Å². The van der Waals surface area contributed by atoms with E-state index in [2.05, 4.69) is 5.16 Å². The molecular weight excluding hydrogens is 374 g/mol. The lowest BCUT2D eigenvalue weighted by molar-refractivity contribution is 0.0473. The molecule has 2 aromatic carbocycles. The number of aromatic nitrogens is 1. The first-order valence-electron chi connectivity index (χ1n) is 9.25. The normalized spacial score (nSPS) is 12.9. The molecule has 0 saturated carbocycles. The summed E-state index contributed by atoms with van der Waals surface area (Å²) in [6.45, 7) is 2.31. The molecule has 148 valence electrons. The van der Waals surface area contributed by atoms with Crippen molar-refractivity contribution in [3.05, 3.63) is 65.4 Å². The van der Waals surface area contributed by atoms with E-state index >= 15 is 0 Å². The summed E-state index contributed by atoms with van der Waals surface area (Å²) in [5.74, 6) is 0.441. The van der Waals surface area contributed by atoms with Gasteiger partial charge in [-0.3, -0.25) is 4.79 Å². The zero-order chi connectivity index (χ0) is 20.2. The van der Waals surface area contributed by atoms with Crippen LogP contribution in [-0.2, 0) is 4.74 Å². The monoisotopic (exact) mass is 393 g/mol. The van der Waals surface area contributed by atoms with Crippen molar-refractivity contribution in [2.75, 3.05) is 19.8 Å². The molecule has 0 radical (unpaired) electrons. The SMILES string of the molecule is Cc1onc(-c2ccccc2)c1C(=O)OCC(=O)c1ccc2c(c1)OCCCO2. The average molecular weight is 393 g/mol. The predicted molar refractivity (Wildman–Crippen MR) is 103 cm³/mol. The Kier molecular flexibility index (Phi) is 5.29. The topological polar surface area (TPSA) is 87.9 Å². The summed E-state index contributed by atoms with van der Waals surface area (Å²) in [6, 6.07) is 14.1. The Hall–Kier alpha value is -3.61. The standard InChI is InChI=1S/C22H19NO6/c1-14-20(21(23-29-14)15-6-3-2-4-7-15)22(25)28-13-17(24)16-8-9-18-19(12-16)27-11-5-10-26-18/h2-4,6-9,12H,5,10-11,13H2,1H3. The number of aryl methyl sites for hydroxylation is 1. The molecule has 0 N–H and O–H groups in total. The first-order valence-corrected chi connectivity index (χ1v) is 9.25. The van der Waals surface area contributed by atoms with Gasteiger partial charge in [0.2, 0.25) is 0 Å². The van der Waals surface area contributed by atoms with Gasteiger partial charge >= 0.3 is 5.97 Å². The number of carbonyl (C=O) groups is 2. The second-order valence-corrected chi connectivity index (χ2v) is 6.54. The van der Waals surface area contributed by atoms with Crippen LogP contribution in [0.3, 0.4) is 0 Å². The minimum Gasteiger partial charge on any atom is -0.490 e. The maximum atomic E-state index is 12.6. The first kappa shape index (κ1) is 18.7. The van der Waals surface area contributed by atoms with E-state index in [0.717, 1.165) is 12.0 Å². The number of hydrogen-bond acceptors (Lipinski definition) is 7. The van der Waals surface area contributed by atoms with Crippen molar-refractivity contribution in [3.63, 3.8) is 0 Å². The molecule has 7 nitrogen and oxygen atoms in total. The van der Waals surface area contributed by atoms with Gasteiger partial charge in [0, 0.05) is 17.5 Å². The van der Waals surface area contributed by atoms with Gasteiger partial charge in [-0.2, -0.15) is 0 Å². The number of ketones is 1. The predicted octanol–water partition coefficient (Wildman–Crippen LogP) is 3.85. The van der Waals surface area contributed by atoms with E-state index in [1.165, 1.54) is 0 Å². The van der Waals surface area contributed by atoms with Crippen molar-refractivity contribution in [2.24, 2.45) is 0 Å². The van der Waals surface area contributed by atoms with Crippen molar-refractivity contribution in [1.29, 1.82) is 0 Å². The summed E-state index contributed by atoms with van der Waals surface area (Å²) < 4.78 is 21.6. The first-order chi connectivity index (χ1) is 14.1. The van der Waals surface area contributed by atoms with Crippen LogP contribution in [-0.4, -0.2) is 36.7 Å². The van der Waals surface area contributed by atoms with Crippen LogP contribution < -0.4 is 9.47 Å². The fourth-order valence-electron chi connectivity index (χ4n) is 3.03. The highest BCUT2D eigenvalue weighted by atomic mass is 16.5. The van der Waals surface area contributed by atoms with Gasteiger partial charge in [0.25, 0.3) is 0 Å². The average Bonchev–Trinajstić information content (AvgIpc) is 2.98. The third-order valence-electron chi connectivity index (χ3n) is 4.52. The quantitative estimate of drug-likeness (QED) is 0.480. The van der Waals surface area contributed by atoms with Crippen LogP contribution in [0.1, 0.15) is 32.9 Å². The molecule has 0 spiro atoms.